The molecule has 1 aliphatic heterocycles. The molecule has 1 saturated heterocycles. The Morgan fingerprint density at radius 2 is 2.03 bits per heavy atom. The number of aliphatic hydroxyl groups excluding tert-OH is 1. The van der Waals surface area contributed by atoms with Gasteiger partial charge in [-0.3, -0.25) is 9.69 Å². The van der Waals surface area contributed by atoms with Crippen molar-refractivity contribution >= 4 is 17.2 Å². The summed E-state index contributed by atoms with van der Waals surface area (Å²) < 4.78 is 12.0. The standard InChI is InChI=1S/C27H36N2O4S/c28-26(31)11-7-2-1-6-10-22-24(17-23(30)27(22)29-12-14-32-15-13-29)33-18-20-16-25(34-19-20)21-8-4-3-5-9-21/h1,3-6,8-9,16,19,22-24,27,30H,2,7,10-15,17-18H2,(H2,28,31)/b6-1-/t22-,23+,24-,27+/m0/s1. The maximum Gasteiger partial charge on any atom is 0.217 e. The van der Waals surface area contributed by atoms with Crippen LogP contribution in [-0.2, 0) is 20.9 Å². The van der Waals surface area contributed by atoms with Gasteiger partial charge in [0.15, 0.2) is 0 Å². The Labute approximate surface area is 206 Å². The van der Waals surface area contributed by atoms with Gasteiger partial charge in [-0.05, 0) is 41.8 Å². The van der Waals surface area contributed by atoms with E-state index >= 15 is 0 Å². The fraction of sp³-hybridized carbons (Fsp3) is 0.519. The molecule has 1 saturated carbocycles. The Hall–Kier alpha value is -2.03. The molecule has 0 unspecified atom stereocenters. The largest absolute Gasteiger partial charge is 0.391 e. The van der Waals surface area contributed by atoms with E-state index in [4.69, 9.17) is 15.2 Å². The lowest BCUT2D eigenvalue weighted by molar-refractivity contribution is -0.118. The third kappa shape index (κ3) is 6.77. The second-order valence-corrected chi connectivity index (χ2v) is 10.1. The number of carbonyl (C=O) groups excluding carboxylic acids is 1. The number of thiophene rings is 1. The zero-order valence-corrected chi connectivity index (χ0v) is 20.5. The van der Waals surface area contributed by atoms with Gasteiger partial charge in [0, 0.05) is 42.8 Å². The summed E-state index contributed by atoms with van der Waals surface area (Å²) in [6.45, 7) is 3.66. The molecule has 0 bridgehead atoms. The number of nitrogens with two attached hydrogens (primary N) is 1. The topological polar surface area (TPSA) is 85.0 Å². The first-order valence-electron chi connectivity index (χ1n) is 12.3. The van der Waals surface area contributed by atoms with Crippen molar-refractivity contribution in [1.29, 1.82) is 0 Å². The summed E-state index contributed by atoms with van der Waals surface area (Å²) in [5, 5.41) is 13.2. The number of benzene rings is 1. The summed E-state index contributed by atoms with van der Waals surface area (Å²) in [4.78, 5) is 14.6. The Morgan fingerprint density at radius 1 is 1.24 bits per heavy atom. The molecule has 0 radical (unpaired) electrons. The number of allylic oxidation sites excluding steroid dienone is 2. The minimum Gasteiger partial charge on any atom is -0.391 e. The van der Waals surface area contributed by atoms with Crippen LogP contribution >= 0.6 is 11.3 Å². The number of aliphatic hydroxyl groups is 1. The Morgan fingerprint density at radius 3 is 2.79 bits per heavy atom. The van der Waals surface area contributed by atoms with Crippen LogP contribution in [0.4, 0.5) is 0 Å². The van der Waals surface area contributed by atoms with Crippen LogP contribution in [0.1, 0.15) is 37.7 Å². The molecule has 4 rings (SSSR count). The molecular formula is C27H36N2O4S. The smallest absolute Gasteiger partial charge is 0.217 e. The van der Waals surface area contributed by atoms with E-state index in [1.54, 1.807) is 11.3 Å². The van der Waals surface area contributed by atoms with Crippen molar-refractivity contribution in [3.63, 3.8) is 0 Å². The summed E-state index contributed by atoms with van der Waals surface area (Å²) in [5.41, 5.74) is 7.63. The van der Waals surface area contributed by atoms with E-state index in [9.17, 15) is 9.90 Å². The lowest BCUT2D eigenvalue weighted by atomic mass is 9.94. The molecule has 2 heterocycles. The summed E-state index contributed by atoms with van der Waals surface area (Å²) >= 11 is 1.74. The van der Waals surface area contributed by atoms with Crippen molar-refractivity contribution < 1.29 is 19.4 Å². The highest BCUT2D eigenvalue weighted by Crippen LogP contribution is 2.37. The number of morpholine rings is 1. The minimum atomic E-state index is -0.404. The van der Waals surface area contributed by atoms with Gasteiger partial charge in [0.2, 0.25) is 5.91 Å². The number of rotatable bonds is 11. The average Bonchev–Trinajstić information content (AvgIpc) is 3.45. The molecule has 1 amide bonds. The van der Waals surface area contributed by atoms with Crippen LogP contribution in [0.3, 0.4) is 0 Å². The number of nitrogens with zero attached hydrogens (tertiary/aromatic N) is 1. The normalized spacial score (nSPS) is 25.8. The predicted molar refractivity (Wildman–Crippen MR) is 135 cm³/mol. The monoisotopic (exact) mass is 484 g/mol. The Bertz CT molecular complexity index is 926. The number of hydrogen-bond donors (Lipinski definition) is 2. The van der Waals surface area contributed by atoms with Gasteiger partial charge in [-0.2, -0.15) is 0 Å². The van der Waals surface area contributed by atoms with Crippen molar-refractivity contribution in [2.24, 2.45) is 11.7 Å². The fourth-order valence-electron chi connectivity index (χ4n) is 5.10. The van der Waals surface area contributed by atoms with Crippen LogP contribution in [0.25, 0.3) is 10.4 Å². The van der Waals surface area contributed by atoms with E-state index in [1.807, 2.05) is 6.07 Å². The van der Waals surface area contributed by atoms with E-state index in [2.05, 4.69) is 52.8 Å². The maximum absolute atomic E-state index is 11.0. The highest BCUT2D eigenvalue weighted by atomic mass is 32.1. The Balaban J connectivity index is 1.39. The number of hydrogen-bond acceptors (Lipinski definition) is 6. The highest BCUT2D eigenvalue weighted by molar-refractivity contribution is 7.13. The first-order chi connectivity index (χ1) is 16.6. The number of ether oxygens (including phenoxy) is 2. The van der Waals surface area contributed by atoms with Gasteiger partial charge >= 0.3 is 0 Å². The van der Waals surface area contributed by atoms with Crippen molar-refractivity contribution in [1.82, 2.24) is 4.90 Å². The number of carbonyl (C=O) groups is 1. The third-order valence-corrected chi connectivity index (χ3v) is 7.82. The van der Waals surface area contributed by atoms with Crippen LogP contribution in [-0.4, -0.2) is 60.5 Å². The van der Waals surface area contributed by atoms with Gasteiger partial charge in [-0.15, -0.1) is 11.3 Å². The molecule has 34 heavy (non-hydrogen) atoms. The average molecular weight is 485 g/mol. The summed E-state index contributed by atoms with van der Waals surface area (Å²) in [6, 6.07) is 12.7. The van der Waals surface area contributed by atoms with Crippen LogP contribution in [0, 0.1) is 5.92 Å². The van der Waals surface area contributed by atoms with Gasteiger partial charge in [0.25, 0.3) is 0 Å². The molecule has 2 fully saturated rings. The second kappa shape index (κ2) is 12.6. The highest BCUT2D eigenvalue weighted by Gasteiger charge is 2.45. The van der Waals surface area contributed by atoms with E-state index in [-0.39, 0.29) is 24.0 Å². The van der Waals surface area contributed by atoms with Crippen LogP contribution in [0.15, 0.2) is 53.9 Å². The molecular weight excluding hydrogens is 448 g/mol. The van der Waals surface area contributed by atoms with Gasteiger partial charge in [-0.25, -0.2) is 0 Å². The zero-order valence-electron chi connectivity index (χ0n) is 19.7. The first-order valence-corrected chi connectivity index (χ1v) is 13.2. The SMILES string of the molecule is NC(=O)CCC/C=C\C[C@@H]1[C@@H](N2CCOCC2)[C@H](O)C[C@@H]1OCc1csc(-c2ccccc2)c1. The molecule has 1 aliphatic carbocycles. The van der Waals surface area contributed by atoms with Crippen LogP contribution < -0.4 is 5.73 Å². The van der Waals surface area contributed by atoms with Gasteiger partial charge in [0.05, 0.1) is 32.0 Å². The fourth-order valence-corrected chi connectivity index (χ4v) is 6.01. The van der Waals surface area contributed by atoms with E-state index in [0.717, 1.165) is 32.4 Å². The van der Waals surface area contributed by atoms with Crippen LogP contribution in [0.5, 0.6) is 0 Å². The summed E-state index contributed by atoms with van der Waals surface area (Å²) in [5.74, 6) is -0.0373. The molecule has 7 heteroatoms. The van der Waals surface area contributed by atoms with E-state index < -0.39 is 6.10 Å². The van der Waals surface area contributed by atoms with Gasteiger partial charge in [0.1, 0.15) is 0 Å². The quantitative estimate of drug-likeness (QED) is 0.372. The Kier molecular flexibility index (Phi) is 9.30. The number of unbranched alkanes of at least 4 members (excludes halogenated alkanes) is 1. The molecule has 1 aromatic heterocycles. The van der Waals surface area contributed by atoms with Gasteiger partial charge in [-0.1, -0.05) is 42.5 Å². The third-order valence-electron chi connectivity index (χ3n) is 6.80. The molecule has 2 aromatic rings. The minimum absolute atomic E-state index is 0.00168. The lowest BCUT2D eigenvalue weighted by Crippen LogP contribution is -2.50. The van der Waals surface area contributed by atoms with Crippen molar-refractivity contribution in [3.8, 4) is 10.4 Å². The van der Waals surface area contributed by atoms with E-state index in [0.29, 0.717) is 32.7 Å². The molecule has 6 nitrogen and oxygen atoms in total. The molecule has 2 aliphatic rings. The predicted octanol–water partition coefficient (Wildman–Crippen LogP) is 3.98. The van der Waals surface area contributed by atoms with Gasteiger partial charge < -0.3 is 20.3 Å². The number of primary amides is 1. The molecule has 184 valence electrons. The van der Waals surface area contributed by atoms with Crippen molar-refractivity contribution in [2.75, 3.05) is 26.3 Å². The van der Waals surface area contributed by atoms with Crippen molar-refractivity contribution in [2.45, 2.75) is 57.0 Å². The maximum atomic E-state index is 11.0. The van der Waals surface area contributed by atoms with Crippen molar-refractivity contribution in [3.05, 3.63) is 59.5 Å². The summed E-state index contributed by atoms with van der Waals surface area (Å²) in [6.07, 6.45) is 7.43. The summed E-state index contributed by atoms with van der Waals surface area (Å²) in [7, 11) is 0. The molecule has 0 spiro atoms. The molecule has 1 aromatic carbocycles. The van der Waals surface area contributed by atoms with E-state index in [1.165, 1.54) is 16.0 Å². The molecule has 3 N–H and O–H groups in total. The molecule has 4 atom stereocenters. The first kappa shape index (κ1) is 25.1. The lowest BCUT2D eigenvalue weighted by Gasteiger charge is -2.37. The number of amides is 1. The zero-order chi connectivity index (χ0) is 23.8. The second-order valence-electron chi connectivity index (χ2n) is 9.21. The van der Waals surface area contributed by atoms with Crippen LogP contribution in [0.2, 0.25) is 0 Å².